The second-order valence-electron chi connectivity index (χ2n) is 7.23. The molecule has 0 spiro atoms. The summed E-state index contributed by atoms with van der Waals surface area (Å²) in [5.74, 6) is -0.451. The van der Waals surface area contributed by atoms with Crippen LogP contribution < -0.4 is 15.4 Å². The van der Waals surface area contributed by atoms with E-state index in [0.717, 1.165) is 16.7 Å². The lowest BCUT2D eigenvalue weighted by molar-refractivity contribution is -0.121. The molecule has 0 saturated carbocycles. The van der Waals surface area contributed by atoms with Gasteiger partial charge in [-0.1, -0.05) is 60.2 Å². The van der Waals surface area contributed by atoms with Gasteiger partial charge in [-0.25, -0.2) is 0 Å². The summed E-state index contributed by atoms with van der Waals surface area (Å²) in [7, 11) is 0. The molecule has 0 heterocycles. The molecule has 3 aromatic rings. The van der Waals surface area contributed by atoms with Crippen molar-refractivity contribution in [3.63, 3.8) is 0 Å². The van der Waals surface area contributed by atoms with Gasteiger partial charge in [0.25, 0.3) is 5.91 Å². The molecule has 0 radical (unpaired) electrons. The molecule has 166 valence electrons. The van der Waals surface area contributed by atoms with E-state index in [9.17, 15) is 18.4 Å². The zero-order valence-corrected chi connectivity index (χ0v) is 17.6. The minimum absolute atomic E-state index is 0.0424. The summed E-state index contributed by atoms with van der Waals surface area (Å²) in [6.07, 6.45) is 0.0907. The number of hydrogen-bond donors (Lipinski definition) is 2. The van der Waals surface area contributed by atoms with Crippen molar-refractivity contribution < 1.29 is 23.1 Å². The topological polar surface area (TPSA) is 67.4 Å². The molecule has 3 rings (SSSR count). The van der Waals surface area contributed by atoms with Crippen LogP contribution in [-0.4, -0.2) is 25.0 Å². The van der Waals surface area contributed by atoms with Crippen LogP contribution in [-0.2, 0) is 4.79 Å². The molecule has 3 aromatic carbocycles. The highest BCUT2D eigenvalue weighted by molar-refractivity contribution is 5.94. The first kappa shape index (κ1) is 22.9. The minimum Gasteiger partial charge on any atom is -0.435 e. The van der Waals surface area contributed by atoms with Crippen molar-refractivity contribution in [2.75, 3.05) is 6.54 Å². The second kappa shape index (κ2) is 11.0. The average Bonchev–Trinajstić information content (AvgIpc) is 2.78. The van der Waals surface area contributed by atoms with Crippen LogP contribution in [0.4, 0.5) is 8.78 Å². The molecule has 0 fully saturated rings. The lowest BCUT2D eigenvalue weighted by Crippen LogP contribution is -2.33. The van der Waals surface area contributed by atoms with Crippen molar-refractivity contribution in [1.29, 1.82) is 0 Å². The van der Waals surface area contributed by atoms with E-state index in [0.29, 0.717) is 5.56 Å². The predicted octanol–water partition coefficient (Wildman–Crippen LogP) is 4.62. The number of alkyl halides is 2. The molecule has 0 aliphatic rings. The molecule has 7 heteroatoms. The standard InChI is InChI=1S/C25H24F2N2O3/c1-17-6-5-9-20(16-17)24(31)28-15-14-22(30)29-23(18-7-3-2-4-8-18)19-10-12-21(13-11-19)32-25(26)27/h2-13,16,23,25H,14-15H2,1H3,(H,28,31)(H,29,30). The first-order valence-corrected chi connectivity index (χ1v) is 10.2. The molecule has 0 aliphatic heterocycles. The van der Waals surface area contributed by atoms with Crippen molar-refractivity contribution in [2.24, 2.45) is 0 Å². The van der Waals surface area contributed by atoms with Crippen molar-refractivity contribution in [1.82, 2.24) is 10.6 Å². The molecule has 5 nitrogen and oxygen atoms in total. The molecular formula is C25H24F2N2O3. The highest BCUT2D eigenvalue weighted by atomic mass is 19.3. The van der Waals surface area contributed by atoms with Gasteiger partial charge in [0.15, 0.2) is 0 Å². The third-order valence-corrected chi connectivity index (χ3v) is 4.79. The summed E-state index contributed by atoms with van der Waals surface area (Å²) in [4.78, 5) is 24.8. The van der Waals surface area contributed by atoms with Crippen molar-refractivity contribution >= 4 is 11.8 Å². The van der Waals surface area contributed by atoms with Crippen molar-refractivity contribution in [3.05, 3.63) is 101 Å². The first-order valence-electron chi connectivity index (χ1n) is 10.2. The lowest BCUT2D eigenvalue weighted by atomic mass is 9.98. The second-order valence-corrected chi connectivity index (χ2v) is 7.23. The number of aryl methyl sites for hydroxylation is 1. The predicted molar refractivity (Wildman–Crippen MR) is 118 cm³/mol. The van der Waals surface area contributed by atoms with E-state index in [-0.39, 0.29) is 30.5 Å². The summed E-state index contributed by atoms with van der Waals surface area (Å²) in [6, 6.07) is 22.2. The van der Waals surface area contributed by atoms with Crippen LogP contribution in [0.2, 0.25) is 0 Å². The third-order valence-electron chi connectivity index (χ3n) is 4.79. The van der Waals surface area contributed by atoms with Gasteiger partial charge in [-0.2, -0.15) is 8.78 Å². The highest BCUT2D eigenvalue weighted by Gasteiger charge is 2.17. The molecule has 1 atom stereocenters. The molecule has 0 aromatic heterocycles. The summed E-state index contributed by atoms with van der Waals surface area (Å²) < 4.78 is 29.2. The smallest absolute Gasteiger partial charge is 0.387 e. The summed E-state index contributed by atoms with van der Waals surface area (Å²) >= 11 is 0. The Morgan fingerprint density at radius 1 is 0.906 bits per heavy atom. The van der Waals surface area contributed by atoms with E-state index in [1.165, 1.54) is 12.1 Å². The van der Waals surface area contributed by atoms with Gasteiger partial charge in [0, 0.05) is 18.5 Å². The van der Waals surface area contributed by atoms with Gasteiger partial charge in [0.2, 0.25) is 5.91 Å². The fourth-order valence-corrected chi connectivity index (χ4v) is 3.26. The molecular weight excluding hydrogens is 414 g/mol. The Labute approximate surface area is 185 Å². The number of nitrogens with one attached hydrogen (secondary N) is 2. The Kier molecular flexibility index (Phi) is 7.91. The largest absolute Gasteiger partial charge is 0.435 e. The van der Waals surface area contributed by atoms with Gasteiger partial charge < -0.3 is 15.4 Å². The maximum atomic E-state index is 12.6. The zero-order valence-electron chi connectivity index (χ0n) is 17.6. The van der Waals surface area contributed by atoms with Crippen LogP contribution in [0, 0.1) is 6.92 Å². The van der Waals surface area contributed by atoms with Crippen molar-refractivity contribution in [2.45, 2.75) is 26.0 Å². The molecule has 32 heavy (non-hydrogen) atoms. The number of amides is 2. The maximum absolute atomic E-state index is 12.6. The third kappa shape index (κ3) is 6.63. The molecule has 1 unspecified atom stereocenters. The SMILES string of the molecule is Cc1cccc(C(=O)NCCC(=O)NC(c2ccccc2)c2ccc(OC(F)F)cc2)c1. The number of halogens is 2. The maximum Gasteiger partial charge on any atom is 0.387 e. The van der Waals surface area contributed by atoms with E-state index in [1.807, 2.05) is 43.3 Å². The van der Waals surface area contributed by atoms with Gasteiger partial charge in [0.1, 0.15) is 5.75 Å². The summed E-state index contributed by atoms with van der Waals surface area (Å²) in [5, 5.41) is 5.70. The molecule has 0 bridgehead atoms. The quantitative estimate of drug-likeness (QED) is 0.512. The molecule has 0 aliphatic carbocycles. The van der Waals surface area contributed by atoms with Crippen LogP contribution in [0.5, 0.6) is 5.75 Å². The fraction of sp³-hybridized carbons (Fsp3) is 0.200. The minimum atomic E-state index is -2.90. The molecule has 0 saturated heterocycles. The Balaban J connectivity index is 1.63. The summed E-state index contributed by atoms with van der Waals surface area (Å²) in [6.45, 7) is -0.818. The fourth-order valence-electron chi connectivity index (χ4n) is 3.26. The number of rotatable bonds is 9. The van der Waals surface area contributed by atoms with Gasteiger partial charge in [-0.15, -0.1) is 0 Å². The van der Waals surface area contributed by atoms with E-state index in [2.05, 4.69) is 15.4 Å². The monoisotopic (exact) mass is 438 g/mol. The van der Waals surface area contributed by atoms with Crippen LogP contribution in [0.1, 0.15) is 39.5 Å². The highest BCUT2D eigenvalue weighted by Crippen LogP contribution is 2.25. The normalized spacial score (nSPS) is 11.6. The number of ether oxygens (including phenoxy) is 1. The Bertz CT molecular complexity index is 1040. The van der Waals surface area contributed by atoms with Gasteiger partial charge in [-0.3, -0.25) is 9.59 Å². The van der Waals surface area contributed by atoms with Crippen LogP contribution in [0.3, 0.4) is 0 Å². The van der Waals surface area contributed by atoms with E-state index in [4.69, 9.17) is 0 Å². The lowest BCUT2D eigenvalue weighted by Gasteiger charge is -2.20. The van der Waals surface area contributed by atoms with Gasteiger partial charge in [-0.05, 0) is 42.3 Å². The Morgan fingerprint density at radius 2 is 1.59 bits per heavy atom. The summed E-state index contributed by atoms with van der Waals surface area (Å²) in [5.41, 5.74) is 3.08. The van der Waals surface area contributed by atoms with Crippen LogP contribution >= 0.6 is 0 Å². The zero-order chi connectivity index (χ0) is 22.9. The van der Waals surface area contributed by atoms with Crippen LogP contribution in [0.15, 0.2) is 78.9 Å². The van der Waals surface area contributed by atoms with Gasteiger partial charge in [0.05, 0.1) is 6.04 Å². The number of carbonyl (C=O) groups excluding carboxylic acids is 2. The van der Waals surface area contributed by atoms with E-state index >= 15 is 0 Å². The Morgan fingerprint density at radius 3 is 2.25 bits per heavy atom. The number of benzene rings is 3. The Hall–Kier alpha value is -3.74. The number of hydrogen-bond acceptors (Lipinski definition) is 3. The van der Waals surface area contributed by atoms with Crippen molar-refractivity contribution in [3.8, 4) is 5.75 Å². The average molecular weight is 438 g/mol. The van der Waals surface area contributed by atoms with E-state index in [1.54, 1.807) is 30.3 Å². The van der Waals surface area contributed by atoms with Crippen LogP contribution in [0.25, 0.3) is 0 Å². The first-order chi connectivity index (χ1) is 15.4. The number of carbonyl (C=O) groups is 2. The molecule has 2 amide bonds. The van der Waals surface area contributed by atoms with E-state index < -0.39 is 12.7 Å². The molecule has 2 N–H and O–H groups in total. The van der Waals surface area contributed by atoms with Gasteiger partial charge >= 0.3 is 6.61 Å².